The Kier molecular flexibility index (Phi) is 4.31. The number of carbonyl (C=O) groups excluding carboxylic acids is 1. The number of aromatic amines is 1. The number of imidazole rings is 1. The molecule has 1 saturated carbocycles. The smallest absolute Gasteiger partial charge is 0.228 e. The second-order valence-corrected chi connectivity index (χ2v) is 8.21. The van der Waals surface area contributed by atoms with Gasteiger partial charge in [0.15, 0.2) is 11.5 Å². The van der Waals surface area contributed by atoms with Crippen LogP contribution in [0.3, 0.4) is 0 Å². The monoisotopic (exact) mass is 423 g/mol. The van der Waals surface area contributed by atoms with Crippen molar-refractivity contribution in [2.24, 2.45) is 0 Å². The fourth-order valence-electron chi connectivity index (χ4n) is 4.42. The van der Waals surface area contributed by atoms with Crippen LogP contribution in [0.2, 0.25) is 0 Å². The van der Waals surface area contributed by atoms with Crippen LogP contribution in [0.4, 0.5) is 10.3 Å². The zero-order valence-electron chi connectivity index (χ0n) is 17.4. The fraction of sp³-hybridized carbons (Fsp3) is 0.333. The molecule has 4 aromatic rings. The molecule has 1 aliphatic rings. The van der Waals surface area contributed by atoms with Crippen molar-refractivity contribution >= 4 is 28.5 Å². The van der Waals surface area contributed by atoms with E-state index < -0.39 is 5.82 Å². The highest BCUT2D eigenvalue weighted by molar-refractivity contribution is 5.97. The topological polar surface area (TPSA) is 109 Å². The maximum Gasteiger partial charge on any atom is 0.228 e. The van der Waals surface area contributed by atoms with Gasteiger partial charge in [0.05, 0.1) is 12.5 Å². The van der Waals surface area contributed by atoms with Crippen LogP contribution in [0.1, 0.15) is 26.7 Å². The van der Waals surface area contributed by atoms with Crippen molar-refractivity contribution in [3.8, 4) is 17.0 Å². The number of aromatic nitrogens is 5. The Morgan fingerprint density at radius 1 is 1.39 bits per heavy atom. The Bertz CT molecular complexity index is 1310. The maximum absolute atomic E-state index is 14.5. The van der Waals surface area contributed by atoms with E-state index in [2.05, 4.69) is 30.6 Å². The van der Waals surface area contributed by atoms with Crippen molar-refractivity contribution < 1.29 is 13.9 Å². The molecule has 4 aromatic heterocycles. The third kappa shape index (κ3) is 3.33. The lowest BCUT2D eigenvalue weighted by atomic mass is 9.74. The van der Waals surface area contributed by atoms with Crippen LogP contribution in [-0.4, -0.2) is 48.9 Å². The number of nitrogens with one attached hydrogen (secondary N) is 3. The number of anilines is 1. The third-order valence-corrected chi connectivity index (χ3v) is 5.65. The normalized spacial score (nSPS) is 20.6. The highest BCUT2D eigenvalue weighted by Crippen LogP contribution is 2.37. The molecule has 0 saturated heterocycles. The van der Waals surface area contributed by atoms with Crippen LogP contribution in [0.5, 0.6) is 5.88 Å². The number of pyridine rings is 1. The number of amides is 1. The summed E-state index contributed by atoms with van der Waals surface area (Å²) in [4.78, 5) is 27.6. The first kappa shape index (κ1) is 19.3. The van der Waals surface area contributed by atoms with Crippen molar-refractivity contribution in [3.05, 3.63) is 36.7 Å². The Morgan fingerprint density at radius 3 is 2.94 bits per heavy atom. The van der Waals surface area contributed by atoms with E-state index in [9.17, 15) is 9.18 Å². The highest BCUT2D eigenvalue weighted by Gasteiger charge is 2.41. The minimum atomic E-state index is -0.415. The molecule has 0 bridgehead atoms. The van der Waals surface area contributed by atoms with E-state index in [0.717, 1.165) is 18.4 Å². The SMILES string of the molecule is COc1nc(NC2CC(C)(NC(C)=O)C2)nc2[nH]cc(-c3cc(F)c4nccn4c3)c12. The molecule has 1 aliphatic carbocycles. The van der Waals surface area contributed by atoms with Crippen molar-refractivity contribution in [1.29, 1.82) is 0 Å². The molecule has 4 heterocycles. The van der Waals surface area contributed by atoms with Gasteiger partial charge in [-0.2, -0.15) is 9.97 Å². The fourth-order valence-corrected chi connectivity index (χ4v) is 4.42. The Balaban J connectivity index is 1.46. The summed E-state index contributed by atoms with van der Waals surface area (Å²) in [6.07, 6.45) is 8.36. The van der Waals surface area contributed by atoms with Gasteiger partial charge in [0.2, 0.25) is 17.7 Å². The summed E-state index contributed by atoms with van der Waals surface area (Å²) >= 11 is 0. The number of nitrogens with zero attached hydrogens (tertiary/aromatic N) is 4. The molecule has 1 amide bonds. The molecular weight excluding hydrogens is 401 g/mol. The van der Waals surface area contributed by atoms with Crippen LogP contribution < -0.4 is 15.4 Å². The summed E-state index contributed by atoms with van der Waals surface area (Å²) in [6, 6.07) is 1.58. The Morgan fingerprint density at radius 2 is 2.19 bits per heavy atom. The van der Waals surface area contributed by atoms with Gasteiger partial charge in [0, 0.05) is 54.4 Å². The Hall–Kier alpha value is -3.69. The van der Waals surface area contributed by atoms with Crippen LogP contribution in [0.25, 0.3) is 27.8 Å². The standard InChI is InChI=1S/C21H22FN7O2/c1-11(30)28-21(2)7-13(8-21)25-20-26-17-16(19(27-20)31-3)14(9-24-17)12-6-15(22)18-23-4-5-29(18)10-12/h4-6,9-10,13H,7-8H2,1-3H3,(H,28,30)(H2,24,25,26,27). The second kappa shape index (κ2) is 6.93. The van der Waals surface area contributed by atoms with E-state index in [4.69, 9.17) is 4.74 Å². The zero-order valence-corrected chi connectivity index (χ0v) is 17.4. The van der Waals surface area contributed by atoms with Gasteiger partial charge in [-0.1, -0.05) is 0 Å². The minimum absolute atomic E-state index is 0.0375. The molecule has 160 valence electrons. The number of methoxy groups -OCH3 is 1. The predicted molar refractivity (Wildman–Crippen MR) is 113 cm³/mol. The molecular formula is C21H22FN7O2. The second-order valence-electron chi connectivity index (χ2n) is 8.21. The van der Waals surface area contributed by atoms with E-state index >= 15 is 0 Å². The first-order valence-corrected chi connectivity index (χ1v) is 9.96. The van der Waals surface area contributed by atoms with Crippen LogP contribution in [0.15, 0.2) is 30.9 Å². The first-order chi connectivity index (χ1) is 14.8. The Labute approximate surface area is 177 Å². The number of ether oxygens (including phenoxy) is 1. The summed E-state index contributed by atoms with van der Waals surface area (Å²) in [5.74, 6) is 0.370. The number of halogens is 1. The summed E-state index contributed by atoms with van der Waals surface area (Å²) in [7, 11) is 1.54. The van der Waals surface area contributed by atoms with Crippen molar-refractivity contribution in [1.82, 2.24) is 29.7 Å². The van der Waals surface area contributed by atoms with Gasteiger partial charge in [-0.15, -0.1) is 0 Å². The molecule has 10 heteroatoms. The van der Waals surface area contributed by atoms with Crippen molar-refractivity contribution in [2.75, 3.05) is 12.4 Å². The largest absolute Gasteiger partial charge is 0.480 e. The molecule has 3 N–H and O–H groups in total. The molecule has 0 aromatic carbocycles. The number of H-pyrrole nitrogens is 1. The van der Waals surface area contributed by atoms with Crippen LogP contribution in [-0.2, 0) is 4.79 Å². The minimum Gasteiger partial charge on any atom is -0.480 e. The summed E-state index contributed by atoms with van der Waals surface area (Å²) in [5, 5.41) is 6.95. The molecule has 0 radical (unpaired) electrons. The van der Waals surface area contributed by atoms with E-state index in [1.807, 2.05) is 6.92 Å². The number of hydrogen-bond donors (Lipinski definition) is 3. The summed E-state index contributed by atoms with van der Waals surface area (Å²) in [6.45, 7) is 3.54. The van der Waals surface area contributed by atoms with Gasteiger partial charge in [-0.3, -0.25) is 4.79 Å². The molecule has 0 spiro atoms. The van der Waals surface area contributed by atoms with Gasteiger partial charge in [-0.05, 0) is 25.8 Å². The van der Waals surface area contributed by atoms with E-state index in [1.54, 1.807) is 36.3 Å². The number of rotatable bonds is 5. The lowest BCUT2D eigenvalue weighted by Gasteiger charge is -2.45. The first-order valence-electron chi connectivity index (χ1n) is 9.96. The molecule has 31 heavy (non-hydrogen) atoms. The van der Waals surface area contributed by atoms with Crippen molar-refractivity contribution in [3.63, 3.8) is 0 Å². The van der Waals surface area contributed by atoms with Crippen molar-refractivity contribution in [2.45, 2.75) is 38.3 Å². The highest BCUT2D eigenvalue weighted by atomic mass is 19.1. The van der Waals surface area contributed by atoms with Crippen LogP contribution >= 0.6 is 0 Å². The lowest BCUT2D eigenvalue weighted by molar-refractivity contribution is -0.121. The molecule has 0 unspecified atom stereocenters. The van der Waals surface area contributed by atoms with Crippen LogP contribution in [0, 0.1) is 5.82 Å². The van der Waals surface area contributed by atoms with E-state index in [-0.39, 0.29) is 23.1 Å². The van der Waals surface area contributed by atoms with E-state index in [1.165, 1.54) is 13.0 Å². The van der Waals surface area contributed by atoms with Gasteiger partial charge in [-0.25, -0.2) is 9.37 Å². The molecule has 9 nitrogen and oxygen atoms in total. The average molecular weight is 423 g/mol. The average Bonchev–Trinajstić information content (AvgIpc) is 3.32. The van der Waals surface area contributed by atoms with Gasteiger partial charge >= 0.3 is 0 Å². The molecule has 0 atom stereocenters. The number of fused-ring (bicyclic) bond motifs is 2. The third-order valence-electron chi connectivity index (χ3n) is 5.65. The molecule has 1 fully saturated rings. The summed E-state index contributed by atoms with van der Waals surface area (Å²) in [5.41, 5.74) is 2.02. The zero-order chi connectivity index (χ0) is 21.8. The number of hydrogen-bond acceptors (Lipinski definition) is 6. The van der Waals surface area contributed by atoms with Gasteiger partial charge in [0.1, 0.15) is 5.65 Å². The number of carbonyl (C=O) groups is 1. The lowest BCUT2D eigenvalue weighted by Crippen LogP contribution is -2.59. The van der Waals surface area contributed by atoms with Gasteiger partial charge < -0.3 is 24.8 Å². The quantitative estimate of drug-likeness (QED) is 0.455. The maximum atomic E-state index is 14.5. The molecule has 0 aliphatic heterocycles. The summed E-state index contributed by atoms with van der Waals surface area (Å²) < 4.78 is 21.6. The molecule has 5 rings (SSSR count). The predicted octanol–water partition coefficient (Wildman–Crippen LogP) is 2.89. The van der Waals surface area contributed by atoms with E-state index in [0.29, 0.717) is 28.4 Å². The van der Waals surface area contributed by atoms with Gasteiger partial charge in [0.25, 0.3) is 0 Å².